The maximum Gasteiger partial charge on any atom is 0.416 e. The Kier molecular flexibility index (Phi) is 10.6. The van der Waals surface area contributed by atoms with Gasteiger partial charge in [0.1, 0.15) is 5.75 Å². The normalized spacial score (nSPS) is 12.5. The Morgan fingerprint density at radius 3 is 1.82 bits per heavy atom. The van der Waals surface area contributed by atoms with Crippen LogP contribution in [0.25, 0.3) is 23.0 Å². The highest BCUT2D eigenvalue weighted by atomic mass is 31.2. The van der Waals surface area contributed by atoms with Crippen LogP contribution in [0.15, 0.2) is 59.8 Å². The van der Waals surface area contributed by atoms with Gasteiger partial charge < -0.3 is 23.2 Å². The third-order valence-electron chi connectivity index (χ3n) is 5.44. The van der Waals surface area contributed by atoms with Gasteiger partial charge in [-0.3, -0.25) is 9.13 Å². The van der Waals surface area contributed by atoms with Gasteiger partial charge in [-0.05, 0) is 70.2 Å². The standard InChI is InChI=1S/C26H31F3N2O7P2/c1-5-35-39(33,36-6-2)24(40(34,37-7-3)38-8-4)17-19-18-30-31(25(19)22-11-9-10-12-23(22)32)21-15-13-20(14-16-21)26(27,28)29/h9-18,32H,5-8H2,1-4H3. The highest BCUT2D eigenvalue weighted by Crippen LogP contribution is 2.74. The molecule has 9 nitrogen and oxygen atoms in total. The Balaban J connectivity index is 2.37. The van der Waals surface area contributed by atoms with Crippen LogP contribution < -0.4 is 0 Å². The summed E-state index contributed by atoms with van der Waals surface area (Å²) in [6.45, 7) is 6.15. The SMILES string of the molecule is CCOP(=O)(OCC)C(=Cc1cnn(-c2ccc(C(F)(F)F)cc2)c1-c1ccccc1O)P(=O)(OCC)OCC. The van der Waals surface area contributed by atoms with Crippen molar-refractivity contribution >= 4 is 21.3 Å². The maximum atomic E-state index is 14.0. The maximum absolute atomic E-state index is 14.0. The van der Waals surface area contributed by atoms with Crippen LogP contribution in [0.2, 0.25) is 0 Å². The van der Waals surface area contributed by atoms with Crippen LogP contribution >= 0.6 is 15.2 Å². The molecule has 0 amide bonds. The number of hydrogen-bond donors (Lipinski definition) is 1. The monoisotopic (exact) mass is 602 g/mol. The van der Waals surface area contributed by atoms with E-state index in [-0.39, 0.29) is 59.7 Å². The van der Waals surface area contributed by atoms with Crippen LogP contribution in [0.5, 0.6) is 5.75 Å². The van der Waals surface area contributed by atoms with Gasteiger partial charge in [0, 0.05) is 11.1 Å². The van der Waals surface area contributed by atoms with Crippen molar-refractivity contribution in [3.63, 3.8) is 0 Å². The van der Waals surface area contributed by atoms with Crippen molar-refractivity contribution in [1.82, 2.24) is 9.78 Å². The molecule has 0 bridgehead atoms. The number of benzene rings is 2. The van der Waals surface area contributed by atoms with Gasteiger partial charge in [0.15, 0.2) is 5.06 Å². The molecule has 218 valence electrons. The largest absolute Gasteiger partial charge is 0.507 e. The number of aromatic hydroxyl groups is 1. The van der Waals surface area contributed by atoms with Gasteiger partial charge in [0.25, 0.3) is 0 Å². The van der Waals surface area contributed by atoms with Crippen molar-refractivity contribution in [2.45, 2.75) is 33.9 Å². The molecule has 0 saturated carbocycles. The first-order valence-corrected chi connectivity index (χ1v) is 15.6. The first-order chi connectivity index (χ1) is 18.9. The molecular formula is C26H31F3N2O7P2. The third-order valence-corrected chi connectivity index (χ3v) is 10.7. The number of rotatable bonds is 13. The smallest absolute Gasteiger partial charge is 0.416 e. The minimum atomic E-state index is -4.54. The van der Waals surface area contributed by atoms with E-state index < -0.39 is 26.9 Å². The lowest BCUT2D eigenvalue weighted by molar-refractivity contribution is -0.137. The zero-order valence-electron chi connectivity index (χ0n) is 22.4. The summed E-state index contributed by atoms with van der Waals surface area (Å²) in [4.78, 5) is 0. The third kappa shape index (κ3) is 6.94. The highest BCUT2D eigenvalue weighted by molar-refractivity contribution is 7.79. The lowest BCUT2D eigenvalue weighted by Gasteiger charge is -2.25. The predicted molar refractivity (Wildman–Crippen MR) is 145 cm³/mol. The second-order valence-electron chi connectivity index (χ2n) is 8.09. The van der Waals surface area contributed by atoms with E-state index in [1.807, 2.05) is 0 Å². The number of hydrogen-bond acceptors (Lipinski definition) is 8. The summed E-state index contributed by atoms with van der Waals surface area (Å²) in [7, 11) is -8.53. The molecule has 0 unspecified atom stereocenters. The molecule has 1 aromatic heterocycles. The fourth-order valence-electron chi connectivity index (χ4n) is 3.86. The number of alkyl halides is 3. The fraction of sp³-hybridized carbons (Fsp3) is 0.346. The molecule has 40 heavy (non-hydrogen) atoms. The molecular weight excluding hydrogens is 571 g/mol. The van der Waals surface area contributed by atoms with E-state index in [9.17, 15) is 27.4 Å². The minimum absolute atomic E-state index is 0.0516. The lowest BCUT2D eigenvalue weighted by atomic mass is 10.1. The van der Waals surface area contributed by atoms with E-state index in [0.717, 1.165) is 12.1 Å². The Labute approximate surface area is 230 Å². The Morgan fingerprint density at radius 2 is 1.38 bits per heavy atom. The molecule has 14 heteroatoms. The second-order valence-corrected chi connectivity index (χ2v) is 12.4. The molecule has 0 radical (unpaired) electrons. The van der Waals surface area contributed by atoms with Crippen LogP contribution in [0.1, 0.15) is 38.8 Å². The van der Waals surface area contributed by atoms with Crippen LogP contribution in [-0.4, -0.2) is 41.3 Å². The van der Waals surface area contributed by atoms with E-state index in [1.54, 1.807) is 45.9 Å². The molecule has 0 aliphatic rings. The summed E-state index contributed by atoms with van der Waals surface area (Å²) in [6.07, 6.45) is -1.96. The van der Waals surface area contributed by atoms with Gasteiger partial charge in [-0.25, -0.2) is 4.68 Å². The predicted octanol–water partition coefficient (Wildman–Crippen LogP) is 8.09. The molecule has 2 aromatic carbocycles. The number of para-hydroxylation sites is 1. The summed E-state index contributed by atoms with van der Waals surface area (Å²) >= 11 is 0. The topological polar surface area (TPSA) is 109 Å². The zero-order chi connectivity index (χ0) is 29.6. The van der Waals surface area contributed by atoms with Gasteiger partial charge >= 0.3 is 21.4 Å². The molecule has 0 aliphatic carbocycles. The average Bonchev–Trinajstić information content (AvgIpc) is 3.31. The fourth-order valence-corrected chi connectivity index (χ4v) is 8.39. The van der Waals surface area contributed by atoms with Crippen molar-refractivity contribution in [1.29, 1.82) is 0 Å². The van der Waals surface area contributed by atoms with Crippen molar-refractivity contribution in [2.75, 3.05) is 26.4 Å². The van der Waals surface area contributed by atoms with Crippen molar-refractivity contribution < 1.29 is 45.5 Å². The first kappa shape index (κ1) is 31.8. The highest BCUT2D eigenvalue weighted by Gasteiger charge is 2.45. The minimum Gasteiger partial charge on any atom is -0.507 e. The van der Waals surface area contributed by atoms with Gasteiger partial charge in [0.05, 0.1) is 49.6 Å². The Hall–Kier alpha value is -2.72. The number of phenolic OH excluding ortho intramolecular Hbond substituents is 1. The summed E-state index contributed by atoms with van der Waals surface area (Å²) in [5, 5.41) is 14.7. The van der Waals surface area contributed by atoms with Gasteiger partial charge in [0.2, 0.25) is 0 Å². The van der Waals surface area contributed by atoms with E-state index in [0.29, 0.717) is 0 Å². The molecule has 0 saturated heterocycles. The van der Waals surface area contributed by atoms with E-state index in [4.69, 9.17) is 18.1 Å². The summed E-state index contributed by atoms with van der Waals surface area (Å²) < 4.78 is 90.8. The number of phenols is 1. The second kappa shape index (κ2) is 13.3. The Bertz CT molecular complexity index is 1370. The number of nitrogens with zero attached hydrogens (tertiary/aromatic N) is 2. The van der Waals surface area contributed by atoms with Crippen LogP contribution in [0.4, 0.5) is 13.2 Å². The molecule has 0 atom stereocenters. The molecule has 1 N–H and O–H groups in total. The summed E-state index contributed by atoms with van der Waals surface area (Å²) in [6, 6.07) is 10.5. The molecule has 3 rings (SSSR count). The number of aromatic nitrogens is 2. The van der Waals surface area contributed by atoms with E-state index >= 15 is 0 Å². The first-order valence-electron chi connectivity index (χ1n) is 12.5. The van der Waals surface area contributed by atoms with Crippen molar-refractivity contribution in [3.8, 4) is 22.7 Å². The lowest BCUT2D eigenvalue weighted by Crippen LogP contribution is -2.06. The molecule has 3 aromatic rings. The van der Waals surface area contributed by atoms with Gasteiger partial charge in [-0.15, -0.1) is 0 Å². The Morgan fingerprint density at radius 1 is 0.875 bits per heavy atom. The molecule has 0 fully saturated rings. The van der Waals surface area contributed by atoms with Gasteiger partial charge in [-0.2, -0.15) is 18.3 Å². The average molecular weight is 602 g/mol. The summed E-state index contributed by atoms with van der Waals surface area (Å²) in [5.74, 6) is -0.164. The van der Waals surface area contributed by atoms with E-state index in [1.165, 1.54) is 35.2 Å². The van der Waals surface area contributed by atoms with Crippen LogP contribution in [0, 0.1) is 0 Å². The zero-order valence-corrected chi connectivity index (χ0v) is 24.2. The van der Waals surface area contributed by atoms with Gasteiger partial charge in [-0.1, -0.05) is 12.1 Å². The van der Waals surface area contributed by atoms with Crippen molar-refractivity contribution in [2.24, 2.45) is 0 Å². The molecule has 1 heterocycles. The quantitative estimate of drug-likeness (QED) is 0.196. The molecule has 0 aliphatic heterocycles. The number of halogens is 3. The molecule has 0 spiro atoms. The summed E-state index contributed by atoms with van der Waals surface area (Å²) in [5.41, 5.74) is 0.0302. The van der Waals surface area contributed by atoms with E-state index in [2.05, 4.69) is 5.10 Å². The van der Waals surface area contributed by atoms with Crippen LogP contribution in [0.3, 0.4) is 0 Å². The van der Waals surface area contributed by atoms with Crippen molar-refractivity contribution in [3.05, 3.63) is 70.9 Å². The van der Waals surface area contributed by atoms with Crippen LogP contribution in [-0.2, 0) is 33.4 Å².